The molecule has 0 saturated carbocycles. The van der Waals surface area contributed by atoms with Crippen LogP contribution in [0.4, 0.5) is 0 Å². The highest BCUT2D eigenvalue weighted by molar-refractivity contribution is 5.79. The van der Waals surface area contributed by atoms with Crippen LogP contribution in [0.15, 0.2) is 23.2 Å². The van der Waals surface area contributed by atoms with Gasteiger partial charge < -0.3 is 34.3 Å². The van der Waals surface area contributed by atoms with Gasteiger partial charge in [0.2, 0.25) is 6.79 Å². The van der Waals surface area contributed by atoms with E-state index in [1.807, 2.05) is 6.07 Å². The summed E-state index contributed by atoms with van der Waals surface area (Å²) in [7, 11) is 3.47. The third-order valence-electron chi connectivity index (χ3n) is 5.44. The molecule has 8 heteroatoms. The first-order chi connectivity index (χ1) is 14.3. The van der Waals surface area contributed by atoms with Crippen LogP contribution in [0.2, 0.25) is 0 Å². The third kappa shape index (κ3) is 5.98. The predicted molar refractivity (Wildman–Crippen MR) is 111 cm³/mol. The minimum atomic E-state index is -0.0277. The van der Waals surface area contributed by atoms with Crippen LogP contribution in [-0.4, -0.2) is 73.0 Å². The fourth-order valence-electron chi connectivity index (χ4n) is 3.65. The number of fused-ring (bicyclic) bond motifs is 1. The maximum Gasteiger partial charge on any atom is 0.231 e. The number of rotatable bonds is 10. The van der Waals surface area contributed by atoms with Crippen molar-refractivity contribution in [3.05, 3.63) is 23.8 Å². The second kappa shape index (κ2) is 11.2. The van der Waals surface area contributed by atoms with E-state index in [0.717, 1.165) is 63.0 Å². The fourth-order valence-corrected chi connectivity index (χ4v) is 3.65. The van der Waals surface area contributed by atoms with Crippen molar-refractivity contribution in [1.82, 2.24) is 10.6 Å². The maximum atomic E-state index is 5.64. The molecule has 8 nitrogen and oxygen atoms in total. The summed E-state index contributed by atoms with van der Waals surface area (Å²) in [4.78, 5) is 4.36. The third-order valence-corrected chi connectivity index (χ3v) is 5.44. The summed E-state index contributed by atoms with van der Waals surface area (Å²) in [6.07, 6.45) is 2.81. The number of hydrogen-bond acceptors (Lipinski definition) is 6. The van der Waals surface area contributed by atoms with Gasteiger partial charge in [-0.05, 0) is 37.0 Å². The highest BCUT2D eigenvalue weighted by Gasteiger charge is 2.35. The van der Waals surface area contributed by atoms with Crippen molar-refractivity contribution in [2.24, 2.45) is 4.99 Å². The molecule has 0 amide bonds. The Morgan fingerprint density at radius 2 is 1.93 bits per heavy atom. The summed E-state index contributed by atoms with van der Waals surface area (Å²) >= 11 is 0. The molecule has 0 unspecified atom stereocenters. The molecule has 2 aliphatic rings. The Morgan fingerprint density at radius 1 is 1.10 bits per heavy atom. The predicted octanol–water partition coefficient (Wildman–Crippen LogP) is 1.68. The van der Waals surface area contributed by atoms with Gasteiger partial charge in [0.1, 0.15) is 0 Å². The maximum absolute atomic E-state index is 5.64. The summed E-state index contributed by atoms with van der Waals surface area (Å²) in [6, 6.07) is 6.27. The molecule has 162 valence electrons. The molecule has 1 saturated heterocycles. The largest absolute Gasteiger partial charge is 0.454 e. The van der Waals surface area contributed by atoms with E-state index in [0.29, 0.717) is 26.6 Å². The lowest BCUT2D eigenvalue weighted by molar-refractivity contribution is 0.0513. The molecule has 3 rings (SSSR count). The van der Waals surface area contributed by atoms with Crippen molar-refractivity contribution >= 4 is 5.96 Å². The molecule has 2 heterocycles. The number of ether oxygens (including phenoxy) is 5. The number of methoxy groups -OCH3 is 1. The van der Waals surface area contributed by atoms with Crippen LogP contribution in [0.25, 0.3) is 0 Å². The second-order valence-corrected chi connectivity index (χ2v) is 7.27. The standard InChI is InChI=1S/C21H33N3O5/c1-22-20(23-8-3-9-26-13-12-25-2)24-15-21(6-10-27-11-7-21)17-4-5-18-19(14-17)29-16-28-18/h4-5,14H,3,6-13,15-16H2,1-2H3,(H2,22,23,24). The Morgan fingerprint density at radius 3 is 2.72 bits per heavy atom. The topological polar surface area (TPSA) is 82.6 Å². The Bertz CT molecular complexity index is 662. The quantitative estimate of drug-likeness (QED) is 0.347. The minimum Gasteiger partial charge on any atom is -0.454 e. The van der Waals surface area contributed by atoms with Crippen LogP contribution in [-0.2, 0) is 19.6 Å². The Balaban J connectivity index is 1.53. The average Bonchev–Trinajstić information content (AvgIpc) is 3.24. The summed E-state index contributed by atoms with van der Waals surface area (Å²) in [5.41, 5.74) is 1.22. The van der Waals surface area contributed by atoms with Gasteiger partial charge in [-0.15, -0.1) is 0 Å². The van der Waals surface area contributed by atoms with Crippen LogP contribution in [0.5, 0.6) is 11.5 Å². The molecule has 1 aromatic rings. The van der Waals surface area contributed by atoms with Crippen LogP contribution >= 0.6 is 0 Å². The first-order valence-corrected chi connectivity index (χ1v) is 10.3. The van der Waals surface area contributed by atoms with E-state index in [9.17, 15) is 0 Å². The monoisotopic (exact) mass is 407 g/mol. The van der Waals surface area contributed by atoms with Gasteiger partial charge in [0.25, 0.3) is 0 Å². The molecule has 0 spiro atoms. The fraction of sp³-hybridized carbons (Fsp3) is 0.667. The first kappa shape index (κ1) is 21.7. The zero-order chi connectivity index (χ0) is 20.4. The smallest absolute Gasteiger partial charge is 0.231 e. The molecular weight excluding hydrogens is 374 g/mol. The van der Waals surface area contributed by atoms with E-state index >= 15 is 0 Å². The van der Waals surface area contributed by atoms with E-state index in [-0.39, 0.29) is 5.41 Å². The molecule has 2 aliphatic heterocycles. The SMILES string of the molecule is CN=C(NCCCOCCOC)NCC1(c2ccc3c(c2)OCO3)CCOCC1. The van der Waals surface area contributed by atoms with Crippen LogP contribution in [0, 0.1) is 0 Å². The van der Waals surface area contributed by atoms with Gasteiger partial charge in [-0.2, -0.15) is 0 Å². The summed E-state index contributed by atoms with van der Waals surface area (Å²) in [5.74, 6) is 2.44. The van der Waals surface area contributed by atoms with E-state index in [1.54, 1.807) is 14.2 Å². The minimum absolute atomic E-state index is 0.0277. The van der Waals surface area contributed by atoms with Crippen molar-refractivity contribution in [3.8, 4) is 11.5 Å². The normalized spacial score (nSPS) is 17.9. The van der Waals surface area contributed by atoms with Crippen LogP contribution < -0.4 is 20.1 Å². The average molecular weight is 408 g/mol. The van der Waals surface area contributed by atoms with Gasteiger partial charge >= 0.3 is 0 Å². The lowest BCUT2D eigenvalue weighted by Crippen LogP contribution is -2.48. The number of nitrogens with one attached hydrogen (secondary N) is 2. The van der Waals surface area contributed by atoms with Crippen molar-refractivity contribution in [3.63, 3.8) is 0 Å². The van der Waals surface area contributed by atoms with Gasteiger partial charge in [0.05, 0.1) is 13.2 Å². The van der Waals surface area contributed by atoms with Crippen molar-refractivity contribution in [2.45, 2.75) is 24.7 Å². The Kier molecular flexibility index (Phi) is 8.39. The number of guanidine groups is 1. The van der Waals surface area contributed by atoms with Gasteiger partial charge in [0.15, 0.2) is 17.5 Å². The molecular formula is C21H33N3O5. The van der Waals surface area contributed by atoms with Crippen LogP contribution in [0.3, 0.4) is 0 Å². The molecule has 29 heavy (non-hydrogen) atoms. The zero-order valence-electron chi connectivity index (χ0n) is 17.5. The number of nitrogens with zero attached hydrogens (tertiary/aromatic N) is 1. The van der Waals surface area contributed by atoms with Crippen molar-refractivity contribution in [1.29, 1.82) is 0 Å². The Labute approximate surface area is 172 Å². The Hall–Kier alpha value is -2.03. The lowest BCUT2D eigenvalue weighted by Gasteiger charge is -2.38. The van der Waals surface area contributed by atoms with Crippen LogP contribution in [0.1, 0.15) is 24.8 Å². The lowest BCUT2D eigenvalue weighted by atomic mass is 9.74. The van der Waals surface area contributed by atoms with E-state index < -0.39 is 0 Å². The molecule has 0 atom stereocenters. The molecule has 0 radical (unpaired) electrons. The molecule has 0 bridgehead atoms. The molecule has 1 aromatic carbocycles. The molecule has 0 aliphatic carbocycles. The molecule has 1 fully saturated rings. The number of hydrogen-bond donors (Lipinski definition) is 2. The number of benzene rings is 1. The highest BCUT2D eigenvalue weighted by atomic mass is 16.7. The zero-order valence-corrected chi connectivity index (χ0v) is 17.5. The summed E-state index contributed by atoms with van der Waals surface area (Å²) < 4.78 is 27.2. The van der Waals surface area contributed by atoms with E-state index in [2.05, 4.69) is 27.8 Å². The van der Waals surface area contributed by atoms with Crippen molar-refractivity contribution < 1.29 is 23.7 Å². The van der Waals surface area contributed by atoms with Gasteiger partial charge in [-0.1, -0.05) is 6.07 Å². The van der Waals surface area contributed by atoms with E-state index in [1.165, 1.54) is 5.56 Å². The second-order valence-electron chi connectivity index (χ2n) is 7.27. The highest BCUT2D eigenvalue weighted by Crippen LogP contribution is 2.40. The molecule has 0 aromatic heterocycles. The van der Waals surface area contributed by atoms with E-state index in [4.69, 9.17) is 23.7 Å². The van der Waals surface area contributed by atoms with Gasteiger partial charge in [-0.25, -0.2) is 0 Å². The molecule has 2 N–H and O–H groups in total. The van der Waals surface area contributed by atoms with Gasteiger partial charge in [0, 0.05) is 52.5 Å². The first-order valence-electron chi connectivity index (χ1n) is 10.3. The van der Waals surface area contributed by atoms with Crippen molar-refractivity contribution in [2.75, 3.05) is 67.1 Å². The summed E-state index contributed by atoms with van der Waals surface area (Å²) in [5, 5.41) is 6.87. The van der Waals surface area contributed by atoms with Gasteiger partial charge in [-0.3, -0.25) is 4.99 Å². The summed E-state index contributed by atoms with van der Waals surface area (Å²) in [6.45, 7) is 5.32. The number of aliphatic imine (C=N–C) groups is 1.